The molecule has 0 aliphatic carbocycles. The van der Waals surface area contributed by atoms with Gasteiger partial charge in [0.05, 0.1) is 0 Å². The molecule has 0 saturated carbocycles. The third kappa shape index (κ3) is 4.60. The van der Waals surface area contributed by atoms with Crippen molar-refractivity contribution in [3.63, 3.8) is 0 Å². The van der Waals surface area contributed by atoms with Gasteiger partial charge in [-0.25, -0.2) is 0 Å². The minimum absolute atomic E-state index is 0.381. The summed E-state index contributed by atoms with van der Waals surface area (Å²) in [7, 11) is 0. The molecule has 1 N–H and O–H groups in total. The lowest BCUT2D eigenvalue weighted by molar-refractivity contribution is 0.602. The zero-order valence-corrected chi connectivity index (χ0v) is 15.2. The lowest BCUT2D eigenvalue weighted by Crippen LogP contribution is -2.23. The maximum atomic E-state index is 3.63. The van der Waals surface area contributed by atoms with E-state index in [-0.39, 0.29) is 0 Å². The fourth-order valence-electron chi connectivity index (χ4n) is 2.38. The van der Waals surface area contributed by atoms with Crippen LogP contribution in [0.4, 0.5) is 0 Å². The van der Waals surface area contributed by atoms with E-state index in [9.17, 15) is 0 Å². The minimum Gasteiger partial charge on any atom is -0.309 e. The average Bonchev–Trinajstić information content (AvgIpc) is 2.48. The van der Waals surface area contributed by atoms with Crippen molar-refractivity contribution in [1.29, 1.82) is 0 Å². The van der Waals surface area contributed by atoms with Gasteiger partial charge in [-0.3, -0.25) is 0 Å². The molecular formula is C18H22BrNS. The molecule has 1 atom stereocenters. The van der Waals surface area contributed by atoms with Gasteiger partial charge in [0.15, 0.2) is 0 Å². The third-order valence-corrected chi connectivity index (χ3v) is 5.62. The molecule has 2 rings (SSSR count). The Kier molecular flexibility index (Phi) is 6.34. The maximum absolute atomic E-state index is 3.63. The Hall–Kier alpha value is -0.770. The number of halogens is 1. The molecule has 21 heavy (non-hydrogen) atoms. The van der Waals surface area contributed by atoms with Gasteiger partial charge >= 0.3 is 0 Å². The first kappa shape index (κ1) is 16.6. The van der Waals surface area contributed by atoms with Crippen LogP contribution in [0.15, 0.2) is 51.8 Å². The van der Waals surface area contributed by atoms with E-state index < -0.39 is 0 Å². The number of rotatable bonds is 6. The zero-order valence-electron chi connectivity index (χ0n) is 12.8. The lowest BCUT2D eigenvalue weighted by atomic mass is 10.00. The van der Waals surface area contributed by atoms with E-state index in [1.165, 1.54) is 26.1 Å². The Morgan fingerprint density at radius 1 is 1.14 bits per heavy atom. The minimum atomic E-state index is 0.381. The molecule has 3 heteroatoms. The third-order valence-electron chi connectivity index (χ3n) is 3.50. The fraction of sp³-hybridized carbons (Fsp3) is 0.333. The Balaban J connectivity index is 2.16. The van der Waals surface area contributed by atoms with Crippen LogP contribution in [0.2, 0.25) is 0 Å². The lowest BCUT2D eigenvalue weighted by Gasteiger charge is -2.21. The molecule has 0 radical (unpaired) electrons. The van der Waals surface area contributed by atoms with Crippen LogP contribution in [0.5, 0.6) is 0 Å². The molecule has 0 aromatic heterocycles. The van der Waals surface area contributed by atoms with Gasteiger partial charge in [0.2, 0.25) is 0 Å². The van der Waals surface area contributed by atoms with Crippen molar-refractivity contribution in [2.75, 3.05) is 12.3 Å². The fourth-order valence-corrected chi connectivity index (χ4v) is 4.03. The van der Waals surface area contributed by atoms with Crippen LogP contribution in [-0.2, 0) is 0 Å². The molecule has 0 bridgehead atoms. The molecule has 112 valence electrons. The van der Waals surface area contributed by atoms with E-state index in [1.807, 2.05) is 11.8 Å². The van der Waals surface area contributed by atoms with Crippen molar-refractivity contribution in [2.24, 2.45) is 0 Å². The summed E-state index contributed by atoms with van der Waals surface area (Å²) in [6, 6.07) is 15.5. The second-order valence-electron chi connectivity index (χ2n) is 5.21. The highest BCUT2D eigenvalue weighted by Crippen LogP contribution is 2.31. The first-order valence-corrected chi connectivity index (χ1v) is 9.07. The topological polar surface area (TPSA) is 12.0 Å². The van der Waals surface area contributed by atoms with Crippen LogP contribution in [0.25, 0.3) is 0 Å². The van der Waals surface area contributed by atoms with Gasteiger partial charge in [0.1, 0.15) is 0 Å². The number of hydrogen-bond donors (Lipinski definition) is 1. The van der Waals surface area contributed by atoms with E-state index in [2.05, 4.69) is 84.5 Å². The average molecular weight is 364 g/mol. The van der Waals surface area contributed by atoms with Gasteiger partial charge in [-0.1, -0.05) is 42.8 Å². The summed E-state index contributed by atoms with van der Waals surface area (Å²) in [6.07, 6.45) is 0. The number of hydrogen-bond acceptors (Lipinski definition) is 2. The number of thioether (sulfide) groups is 1. The maximum Gasteiger partial charge on any atom is 0.0418 e. The Labute approximate surface area is 140 Å². The van der Waals surface area contributed by atoms with Crippen LogP contribution in [0.3, 0.4) is 0 Å². The van der Waals surface area contributed by atoms with Gasteiger partial charge in [-0.05, 0) is 59.6 Å². The van der Waals surface area contributed by atoms with Crippen molar-refractivity contribution in [1.82, 2.24) is 5.32 Å². The Bertz CT molecular complexity index is 598. The van der Waals surface area contributed by atoms with Crippen molar-refractivity contribution in [3.8, 4) is 0 Å². The molecule has 0 spiro atoms. The molecule has 0 heterocycles. The molecule has 0 amide bonds. The van der Waals surface area contributed by atoms with E-state index in [0.29, 0.717) is 6.04 Å². The van der Waals surface area contributed by atoms with Gasteiger partial charge < -0.3 is 5.32 Å². The van der Waals surface area contributed by atoms with E-state index >= 15 is 0 Å². The van der Waals surface area contributed by atoms with Crippen LogP contribution < -0.4 is 5.32 Å². The highest BCUT2D eigenvalue weighted by atomic mass is 79.9. The molecule has 0 aliphatic heterocycles. The van der Waals surface area contributed by atoms with E-state index in [1.54, 1.807) is 0 Å². The van der Waals surface area contributed by atoms with Gasteiger partial charge in [-0.15, -0.1) is 11.8 Å². The summed E-state index contributed by atoms with van der Waals surface area (Å²) in [5.41, 5.74) is 4.10. The van der Waals surface area contributed by atoms with Gasteiger partial charge in [0, 0.05) is 21.2 Å². The summed E-state index contributed by atoms with van der Waals surface area (Å²) in [5, 5.41) is 3.62. The van der Waals surface area contributed by atoms with E-state index in [0.717, 1.165) is 12.3 Å². The molecule has 0 fully saturated rings. The first-order chi connectivity index (χ1) is 10.1. The van der Waals surface area contributed by atoms with Crippen molar-refractivity contribution in [2.45, 2.75) is 31.7 Å². The van der Waals surface area contributed by atoms with Gasteiger partial charge in [-0.2, -0.15) is 0 Å². The normalized spacial score (nSPS) is 12.4. The molecule has 1 unspecified atom stereocenters. The summed E-state index contributed by atoms with van der Waals surface area (Å²) >= 11 is 5.52. The second-order valence-corrected chi connectivity index (χ2v) is 7.13. The summed E-state index contributed by atoms with van der Waals surface area (Å²) in [6.45, 7) is 7.50. The molecule has 2 aromatic carbocycles. The molecule has 0 saturated heterocycles. The highest BCUT2D eigenvalue weighted by Gasteiger charge is 2.14. The van der Waals surface area contributed by atoms with Crippen LogP contribution in [0, 0.1) is 13.8 Å². The Morgan fingerprint density at radius 2 is 1.90 bits per heavy atom. The van der Waals surface area contributed by atoms with Crippen LogP contribution >= 0.6 is 27.7 Å². The van der Waals surface area contributed by atoms with Crippen molar-refractivity contribution in [3.05, 3.63) is 63.6 Å². The standard InChI is InChI=1S/C18H22BrNS/c1-4-20-17(15-11-13(2)9-10-14(15)3)12-21-18-8-6-5-7-16(18)19/h5-11,17,20H,4,12H2,1-3H3. The monoisotopic (exact) mass is 363 g/mol. The quantitative estimate of drug-likeness (QED) is 0.679. The second kappa shape index (κ2) is 8.02. The van der Waals surface area contributed by atoms with Crippen LogP contribution in [0.1, 0.15) is 29.7 Å². The zero-order chi connectivity index (χ0) is 15.2. The first-order valence-electron chi connectivity index (χ1n) is 7.29. The Morgan fingerprint density at radius 3 is 2.62 bits per heavy atom. The summed E-state index contributed by atoms with van der Waals surface area (Å²) in [5.74, 6) is 1.03. The highest BCUT2D eigenvalue weighted by molar-refractivity contribution is 9.10. The number of benzene rings is 2. The molecule has 1 nitrogen and oxygen atoms in total. The SMILES string of the molecule is CCNC(CSc1ccccc1Br)c1cc(C)ccc1C. The molecule has 2 aromatic rings. The smallest absolute Gasteiger partial charge is 0.0418 e. The van der Waals surface area contributed by atoms with Crippen molar-refractivity contribution < 1.29 is 0 Å². The number of aryl methyl sites for hydroxylation is 2. The summed E-state index contributed by atoms with van der Waals surface area (Å²) < 4.78 is 1.17. The predicted octanol–water partition coefficient (Wildman–Crippen LogP) is 5.51. The van der Waals surface area contributed by atoms with Gasteiger partial charge in [0.25, 0.3) is 0 Å². The molecular weight excluding hydrogens is 342 g/mol. The summed E-state index contributed by atoms with van der Waals surface area (Å²) in [4.78, 5) is 1.30. The molecule has 0 aliphatic rings. The van der Waals surface area contributed by atoms with Crippen molar-refractivity contribution >= 4 is 27.7 Å². The van der Waals surface area contributed by atoms with Crippen LogP contribution in [-0.4, -0.2) is 12.3 Å². The largest absolute Gasteiger partial charge is 0.309 e. The predicted molar refractivity (Wildman–Crippen MR) is 97.2 cm³/mol. The van der Waals surface area contributed by atoms with E-state index in [4.69, 9.17) is 0 Å². The number of nitrogens with one attached hydrogen (secondary N) is 1.